The number of aliphatic carboxylic acids is 1. The van der Waals surface area contributed by atoms with Gasteiger partial charge >= 0.3 is 5.97 Å². The topological polar surface area (TPSA) is 55.8 Å². The van der Waals surface area contributed by atoms with Gasteiger partial charge in [-0.05, 0) is 43.9 Å². The predicted octanol–water partition coefficient (Wildman–Crippen LogP) is 5.56. The molecule has 2 atom stereocenters. The van der Waals surface area contributed by atoms with Gasteiger partial charge in [-0.3, -0.25) is 4.79 Å². The maximum Gasteiger partial charge on any atom is 0.307 e. The molecule has 166 valence electrons. The fourth-order valence-electron chi connectivity index (χ4n) is 4.16. The minimum Gasteiger partial charge on any atom is -0.487 e. The van der Waals surface area contributed by atoms with Gasteiger partial charge in [-0.25, -0.2) is 17.6 Å². The normalized spacial score (nSPS) is 21.4. The summed E-state index contributed by atoms with van der Waals surface area (Å²) in [7, 11) is 0. The molecule has 1 heterocycles. The molecular formula is C23H22F4O4. The largest absolute Gasteiger partial charge is 0.487 e. The van der Waals surface area contributed by atoms with Crippen LogP contribution in [0, 0.1) is 17.6 Å². The van der Waals surface area contributed by atoms with E-state index in [4.69, 9.17) is 14.6 Å². The summed E-state index contributed by atoms with van der Waals surface area (Å²) in [4.78, 5) is 11.0. The monoisotopic (exact) mass is 438 g/mol. The lowest BCUT2D eigenvalue weighted by molar-refractivity contribution is -0.138. The molecule has 1 aliphatic carbocycles. The first-order valence-electron chi connectivity index (χ1n) is 9.94. The number of carbonyl (C=O) groups is 1. The third-order valence-electron chi connectivity index (χ3n) is 5.72. The lowest BCUT2D eigenvalue weighted by Gasteiger charge is -2.19. The molecule has 0 saturated heterocycles. The fourth-order valence-corrected chi connectivity index (χ4v) is 4.16. The second kappa shape index (κ2) is 7.14. The van der Waals surface area contributed by atoms with E-state index in [0.717, 1.165) is 19.1 Å². The molecule has 2 unspecified atom stereocenters. The molecule has 0 spiro atoms. The smallest absolute Gasteiger partial charge is 0.307 e. The maximum absolute atomic E-state index is 14.5. The Kier molecular flexibility index (Phi) is 4.94. The average Bonchev–Trinajstić information content (AvgIpc) is 3.36. The van der Waals surface area contributed by atoms with Crippen molar-refractivity contribution in [1.82, 2.24) is 0 Å². The van der Waals surface area contributed by atoms with Gasteiger partial charge in [0.25, 0.3) is 5.92 Å². The number of halogens is 4. The minimum atomic E-state index is -3.06. The van der Waals surface area contributed by atoms with Crippen LogP contribution in [0.25, 0.3) is 0 Å². The zero-order chi connectivity index (χ0) is 22.7. The standard InChI is InChI=1S/C23H22F4O4/c1-22(2)9-15-16(23(3,26)27)5-4-11(19(15)31-22)10-30-20-17(24)6-12(7-18(20)25)13-8-14(13)21(28)29/h4-7,13-14H,8-10H2,1-3H3,(H,28,29). The molecule has 8 heteroatoms. The Hall–Kier alpha value is -2.77. The number of hydrogen-bond acceptors (Lipinski definition) is 3. The summed E-state index contributed by atoms with van der Waals surface area (Å²) in [6, 6.07) is 4.86. The van der Waals surface area contributed by atoms with Crippen molar-refractivity contribution in [2.45, 2.75) is 57.7 Å². The van der Waals surface area contributed by atoms with Crippen molar-refractivity contribution in [3.8, 4) is 11.5 Å². The highest BCUT2D eigenvalue weighted by Crippen LogP contribution is 2.49. The highest BCUT2D eigenvalue weighted by molar-refractivity contribution is 5.75. The molecule has 31 heavy (non-hydrogen) atoms. The Labute approximate surface area is 176 Å². The van der Waals surface area contributed by atoms with E-state index < -0.39 is 46.7 Å². The summed E-state index contributed by atoms with van der Waals surface area (Å²) in [5, 5.41) is 9.00. The van der Waals surface area contributed by atoms with Gasteiger partial charge in [-0.15, -0.1) is 0 Å². The summed E-state index contributed by atoms with van der Waals surface area (Å²) < 4.78 is 68.2. The van der Waals surface area contributed by atoms with E-state index in [1.54, 1.807) is 13.8 Å². The van der Waals surface area contributed by atoms with E-state index >= 15 is 0 Å². The van der Waals surface area contributed by atoms with Crippen molar-refractivity contribution in [3.63, 3.8) is 0 Å². The van der Waals surface area contributed by atoms with E-state index in [2.05, 4.69) is 0 Å². The van der Waals surface area contributed by atoms with Crippen LogP contribution < -0.4 is 9.47 Å². The van der Waals surface area contributed by atoms with E-state index in [-0.39, 0.29) is 29.9 Å². The Balaban J connectivity index is 1.58. The second-order valence-electron chi connectivity index (χ2n) is 8.90. The van der Waals surface area contributed by atoms with Crippen LogP contribution in [0.2, 0.25) is 0 Å². The van der Waals surface area contributed by atoms with Gasteiger partial charge in [0.2, 0.25) is 0 Å². The van der Waals surface area contributed by atoms with E-state index in [0.29, 0.717) is 17.5 Å². The SMILES string of the molecule is CC1(C)Cc2c(C(C)(F)F)ccc(COc3c(F)cc(C4CC4C(=O)O)cc3F)c2O1. The molecule has 0 bridgehead atoms. The summed E-state index contributed by atoms with van der Waals surface area (Å²) >= 11 is 0. The average molecular weight is 438 g/mol. The molecule has 1 fully saturated rings. The number of benzene rings is 2. The number of hydrogen-bond donors (Lipinski definition) is 1. The molecular weight excluding hydrogens is 416 g/mol. The van der Waals surface area contributed by atoms with E-state index in [9.17, 15) is 22.4 Å². The fraction of sp³-hybridized carbons (Fsp3) is 0.435. The Morgan fingerprint density at radius 1 is 1.26 bits per heavy atom. The number of ether oxygens (including phenoxy) is 2. The zero-order valence-corrected chi connectivity index (χ0v) is 17.3. The minimum absolute atomic E-state index is 0.143. The number of carboxylic acids is 1. The summed E-state index contributed by atoms with van der Waals surface area (Å²) in [6.07, 6.45) is 0.612. The predicted molar refractivity (Wildman–Crippen MR) is 104 cm³/mol. The molecule has 2 aromatic rings. The molecule has 0 amide bonds. The van der Waals surface area contributed by atoms with Crippen molar-refractivity contribution >= 4 is 5.97 Å². The van der Waals surface area contributed by atoms with Crippen molar-refractivity contribution in [1.29, 1.82) is 0 Å². The third kappa shape index (κ3) is 4.07. The van der Waals surface area contributed by atoms with Crippen LogP contribution in [-0.4, -0.2) is 16.7 Å². The van der Waals surface area contributed by atoms with E-state index in [1.165, 1.54) is 12.1 Å². The molecule has 0 radical (unpaired) electrons. The second-order valence-corrected chi connectivity index (χ2v) is 8.90. The van der Waals surface area contributed by atoms with Crippen LogP contribution in [0.15, 0.2) is 24.3 Å². The molecule has 0 aromatic heterocycles. The van der Waals surface area contributed by atoms with Gasteiger partial charge in [-0.2, -0.15) is 0 Å². The molecule has 4 nitrogen and oxygen atoms in total. The Morgan fingerprint density at radius 3 is 2.45 bits per heavy atom. The quantitative estimate of drug-likeness (QED) is 0.601. The lowest BCUT2D eigenvalue weighted by atomic mass is 9.93. The maximum atomic E-state index is 14.5. The molecule has 2 aromatic carbocycles. The van der Waals surface area contributed by atoms with Crippen LogP contribution in [0.1, 0.15) is 55.4 Å². The first-order valence-corrected chi connectivity index (χ1v) is 9.94. The number of rotatable bonds is 6. The first kappa shape index (κ1) is 21.5. The van der Waals surface area contributed by atoms with E-state index in [1.807, 2.05) is 0 Å². The van der Waals surface area contributed by atoms with Crippen molar-refractivity contribution in [3.05, 3.63) is 58.2 Å². The zero-order valence-electron chi connectivity index (χ0n) is 17.3. The van der Waals surface area contributed by atoms with Crippen LogP contribution in [-0.2, 0) is 23.7 Å². The molecule has 1 N–H and O–H groups in total. The van der Waals surface area contributed by atoms with Crippen molar-refractivity contribution < 1.29 is 36.9 Å². The van der Waals surface area contributed by atoms with Gasteiger partial charge in [0.15, 0.2) is 17.4 Å². The van der Waals surface area contributed by atoms with Crippen LogP contribution >= 0.6 is 0 Å². The third-order valence-corrected chi connectivity index (χ3v) is 5.72. The van der Waals surface area contributed by atoms with Crippen LogP contribution in [0.4, 0.5) is 17.6 Å². The molecule has 1 saturated carbocycles. The summed E-state index contributed by atoms with van der Waals surface area (Å²) in [5.41, 5.74) is 0.209. The first-order chi connectivity index (χ1) is 14.4. The number of fused-ring (bicyclic) bond motifs is 1. The van der Waals surface area contributed by atoms with Gasteiger partial charge in [0.1, 0.15) is 18.0 Å². The van der Waals surface area contributed by atoms with Crippen LogP contribution in [0.5, 0.6) is 11.5 Å². The van der Waals surface area contributed by atoms with Crippen LogP contribution in [0.3, 0.4) is 0 Å². The highest BCUT2D eigenvalue weighted by atomic mass is 19.3. The Bertz CT molecular complexity index is 1040. The highest BCUT2D eigenvalue weighted by Gasteiger charge is 2.45. The Morgan fingerprint density at radius 2 is 1.90 bits per heavy atom. The molecule has 1 aliphatic heterocycles. The molecule has 4 rings (SSSR count). The number of carboxylic acid groups (broad SMARTS) is 1. The van der Waals surface area contributed by atoms with Gasteiger partial charge < -0.3 is 14.6 Å². The lowest BCUT2D eigenvalue weighted by Crippen LogP contribution is -2.25. The number of alkyl halides is 2. The molecule has 2 aliphatic rings. The van der Waals surface area contributed by atoms with Crippen molar-refractivity contribution in [2.75, 3.05) is 0 Å². The van der Waals surface area contributed by atoms with Crippen molar-refractivity contribution in [2.24, 2.45) is 5.92 Å². The van der Waals surface area contributed by atoms with Gasteiger partial charge in [0, 0.05) is 30.0 Å². The van der Waals surface area contributed by atoms with Gasteiger partial charge in [0.05, 0.1) is 5.92 Å². The summed E-state index contributed by atoms with van der Waals surface area (Å²) in [6.45, 7) is 4.08. The summed E-state index contributed by atoms with van der Waals surface area (Å²) in [5.74, 6) is -7.35. The van der Waals surface area contributed by atoms with Gasteiger partial charge in [-0.1, -0.05) is 12.1 Å².